The smallest absolute Gasteiger partial charge is 0.327 e. The molecule has 0 radical (unpaired) electrons. The Balaban J connectivity index is 2.11. The van der Waals surface area contributed by atoms with Crippen LogP contribution in [0.5, 0.6) is 0 Å². The minimum Gasteiger partial charge on any atom is -0.465 e. The lowest BCUT2D eigenvalue weighted by atomic mass is 9.73. The van der Waals surface area contributed by atoms with E-state index in [9.17, 15) is 14.4 Å². The van der Waals surface area contributed by atoms with E-state index in [0.717, 1.165) is 16.2 Å². The average Bonchev–Trinajstić information content (AvgIpc) is 3.13. The second-order valence-corrected chi connectivity index (χ2v) is 8.09. The Morgan fingerprint density at radius 2 is 1.82 bits per heavy atom. The maximum absolute atomic E-state index is 13.1. The van der Waals surface area contributed by atoms with Crippen molar-refractivity contribution < 1.29 is 19.1 Å². The summed E-state index contributed by atoms with van der Waals surface area (Å²) in [5, 5.41) is 3.38. The van der Waals surface area contributed by atoms with Gasteiger partial charge in [0.05, 0.1) is 18.4 Å². The standard InChI is InChI=1S/C21H29N3O4/c1-7-28-20(27)21(12(2)3)16-15(18(25)24(6)19(16)26)17(22-21)13-8-10-14(11-9-13)23(4)5/h8-12,15-17,22H,7H2,1-6H3/t15-,16-,17-,21-/m0/s1. The van der Waals surface area contributed by atoms with Crippen molar-refractivity contribution in [2.75, 3.05) is 32.6 Å². The van der Waals surface area contributed by atoms with Crippen LogP contribution in [0.1, 0.15) is 32.4 Å². The number of imide groups is 1. The zero-order chi connectivity index (χ0) is 20.8. The summed E-state index contributed by atoms with van der Waals surface area (Å²) >= 11 is 0. The molecule has 28 heavy (non-hydrogen) atoms. The highest BCUT2D eigenvalue weighted by atomic mass is 16.5. The third-order valence-electron chi connectivity index (χ3n) is 6.11. The number of likely N-dealkylation sites (tertiary alicyclic amines) is 1. The fraction of sp³-hybridized carbons (Fsp3) is 0.571. The molecule has 7 nitrogen and oxygen atoms in total. The number of hydrogen-bond donors (Lipinski definition) is 1. The topological polar surface area (TPSA) is 79.0 Å². The summed E-state index contributed by atoms with van der Waals surface area (Å²) in [5.74, 6) is -2.68. The van der Waals surface area contributed by atoms with Gasteiger partial charge in [-0.05, 0) is 30.5 Å². The van der Waals surface area contributed by atoms with E-state index in [1.165, 1.54) is 7.05 Å². The lowest BCUT2D eigenvalue weighted by Gasteiger charge is -2.36. The van der Waals surface area contributed by atoms with Crippen molar-refractivity contribution in [3.05, 3.63) is 29.8 Å². The molecule has 0 saturated carbocycles. The summed E-state index contributed by atoms with van der Waals surface area (Å²) in [6.07, 6.45) is 0. The molecule has 0 bridgehead atoms. The van der Waals surface area contributed by atoms with Crippen LogP contribution in [0.3, 0.4) is 0 Å². The first-order chi connectivity index (χ1) is 13.2. The number of rotatable bonds is 5. The number of hydrogen-bond acceptors (Lipinski definition) is 6. The van der Waals surface area contributed by atoms with E-state index < -0.39 is 29.4 Å². The molecule has 0 aliphatic carbocycles. The maximum atomic E-state index is 13.1. The number of fused-ring (bicyclic) bond motifs is 1. The molecule has 2 aliphatic heterocycles. The fourth-order valence-corrected chi connectivity index (χ4v) is 4.56. The van der Waals surface area contributed by atoms with Crippen LogP contribution < -0.4 is 10.2 Å². The first kappa shape index (κ1) is 20.3. The van der Waals surface area contributed by atoms with Crippen LogP contribution >= 0.6 is 0 Å². The monoisotopic (exact) mass is 387 g/mol. The van der Waals surface area contributed by atoms with Gasteiger partial charge in [0.15, 0.2) is 0 Å². The molecule has 3 rings (SSSR count). The quantitative estimate of drug-likeness (QED) is 0.611. The van der Waals surface area contributed by atoms with Gasteiger partial charge >= 0.3 is 5.97 Å². The van der Waals surface area contributed by atoms with Gasteiger partial charge in [-0.1, -0.05) is 26.0 Å². The van der Waals surface area contributed by atoms with Crippen LogP contribution in [0, 0.1) is 17.8 Å². The number of ether oxygens (including phenoxy) is 1. The van der Waals surface area contributed by atoms with Gasteiger partial charge in [0.1, 0.15) is 5.54 Å². The summed E-state index contributed by atoms with van der Waals surface area (Å²) in [7, 11) is 5.40. The molecule has 2 heterocycles. The van der Waals surface area contributed by atoms with Crippen LogP contribution in [0.4, 0.5) is 5.69 Å². The molecule has 4 atom stereocenters. The molecule has 1 aromatic carbocycles. The van der Waals surface area contributed by atoms with Crippen molar-refractivity contribution in [3.8, 4) is 0 Å². The number of benzene rings is 1. The van der Waals surface area contributed by atoms with E-state index in [0.29, 0.717) is 0 Å². The molecule has 2 amide bonds. The lowest BCUT2D eigenvalue weighted by molar-refractivity contribution is -0.158. The van der Waals surface area contributed by atoms with Gasteiger partial charge in [-0.3, -0.25) is 24.6 Å². The van der Waals surface area contributed by atoms with Gasteiger partial charge in [-0.25, -0.2) is 0 Å². The summed E-state index contributed by atoms with van der Waals surface area (Å²) < 4.78 is 5.36. The summed E-state index contributed by atoms with van der Waals surface area (Å²) in [4.78, 5) is 42.2. The van der Waals surface area contributed by atoms with Crippen LogP contribution in [0.2, 0.25) is 0 Å². The molecule has 2 aliphatic rings. The van der Waals surface area contributed by atoms with Gasteiger partial charge in [-0.15, -0.1) is 0 Å². The number of anilines is 1. The molecule has 1 aromatic rings. The van der Waals surface area contributed by atoms with Gasteiger partial charge < -0.3 is 9.64 Å². The number of carbonyl (C=O) groups excluding carboxylic acids is 3. The Morgan fingerprint density at radius 1 is 1.21 bits per heavy atom. The largest absolute Gasteiger partial charge is 0.465 e. The second kappa shape index (κ2) is 7.20. The molecule has 0 aromatic heterocycles. The van der Waals surface area contributed by atoms with E-state index in [1.54, 1.807) is 6.92 Å². The maximum Gasteiger partial charge on any atom is 0.327 e. The molecule has 0 spiro atoms. The van der Waals surface area contributed by atoms with Crippen LogP contribution in [-0.4, -0.2) is 56.0 Å². The number of nitrogens with one attached hydrogen (secondary N) is 1. The number of nitrogens with zero attached hydrogens (tertiary/aromatic N) is 2. The summed E-state index contributed by atoms with van der Waals surface area (Å²) in [5.41, 5.74) is 0.678. The Hall–Kier alpha value is -2.41. The van der Waals surface area contributed by atoms with E-state index >= 15 is 0 Å². The number of esters is 1. The highest BCUT2D eigenvalue weighted by molar-refractivity contribution is 6.09. The Morgan fingerprint density at radius 3 is 2.32 bits per heavy atom. The van der Waals surface area contributed by atoms with Crippen molar-refractivity contribution in [1.82, 2.24) is 10.2 Å². The Bertz CT molecular complexity index is 789. The zero-order valence-corrected chi connectivity index (χ0v) is 17.4. The van der Waals surface area contributed by atoms with E-state index in [-0.39, 0.29) is 24.3 Å². The minimum absolute atomic E-state index is 0.215. The van der Waals surface area contributed by atoms with Crippen molar-refractivity contribution >= 4 is 23.5 Å². The van der Waals surface area contributed by atoms with Crippen molar-refractivity contribution in [1.29, 1.82) is 0 Å². The predicted molar refractivity (Wildman–Crippen MR) is 106 cm³/mol. The summed E-state index contributed by atoms with van der Waals surface area (Å²) in [6, 6.07) is 7.39. The van der Waals surface area contributed by atoms with Gasteiger partial charge in [0.2, 0.25) is 11.8 Å². The van der Waals surface area contributed by atoms with E-state index in [4.69, 9.17) is 4.74 Å². The molecular weight excluding hydrogens is 358 g/mol. The summed E-state index contributed by atoms with van der Waals surface area (Å²) in [6.45, 7) is 5.72. The van der Waals surface area contributed by atoms with Gasteiger partial charge in [0.25, 0.3) is 0 Å². The molecule has 7 heteroatoms. The number of amides is 2. The molecule has 0 unspecified atom stereocenters. The van der Waals surface area contributed by atoms with Gasteiger partial charge in [0, 0.05) is 32.9 Å². The van der Waals surface area contributed by atoms with Crippen LogP contribution in [0.25, 0.3) is 0 Å². The Kier molecular flexibility index (Phi) is 5.23. The Labute approximate surface area is 166 Å². The zero-order valence-electron chi connectivity index (χ0n) is 17.4. The van der Waals surface area contributed by atoms with Crippen molar-refractivity contribution in [2.45, 2.75) is 32.4 Å². The lowest BCUT2D eigenvalue weighted by Crippen LogP contribution is -2.59. The molecule has 2 fully saturated rings. The molecule has 2 saturated heterocycles. The van der Waals surface area contributed by atoms with E-state index in [1.807, 2.05) is 57.1 Å². The second-order valence-electron chi connectivity index (χ2n) is 8.09. The molecule has 152 valence electrons. The number of carbonyl (C=O) groups is 3. The van der Waals surface area contributed by atoms with Crippen molar-refractivity contribution in [3.63, 3.8) is 0 Å². The van der Waals surface area contributed by atoms with Crippen molar-refractivity contribution in [2.24, 2.45) is 17.8 Å². The third kappa shape index (κ3) is 2.80. The third-order valence-corrected chi connectivity index (χ3v) is 6.11. The normalized spacial score (nSPS) is 29.4. The van der Waals surface area contributed by atoms with Crippen LogP contribution in [-0.2, 0) is 19.1 Å². The molecular formula is C21H29N3O4. The fourth-order valence-electron chi connectivity index (χ4n) is 4.56. The SMILES string of the molecule is CCOC(=O)[C@@]1(C(C)C)N[C@@H](c2ccc(N(C)C)cc2)[C@H]2C(=O)N(C)C(=O)[C@H]21. The highest BCUT2D eigenvalue weighted by Gasteiger charge is 2.69. The first-order valence-electron chi connectivity index (χ1n) is 9.70. The average molecular weight is 387 g/mol. The van der Waals surface area contributed by atoms with Crippen LogP contribution in [0.15, 0.2) is 24.3 Å². The van der Waals surface area contributed by atoms with Gasteiger partial charge in [-0.2, -0.15) is 0 Å². The molecule has 1 N–H and O–H groups in total. The minimum atomic E-state index is -1.23. The predicted octanol–water partition coefficient (Wildman–Crippen LogP) is 1.59. The highest BCUT2D eigenvalue weighted by Crippen LogP contribution is 2.51. The van der Waals surface area contributed by atoms with E-state index in [2.05, 4.69) is 5.32 Å². The first-order valence-corrected chi connectivity index (χ1v) is 9.70.